The Morgan fingerprint density at radius 3 is 2.48 bits per heavy atom. The molecule has 0 bridgehead atoms. The first-order valence-electron chi connectivity index (χ1n) is 7.35. The SMILES string of the molecule is CCCNc1ncnc(NC2Cc3ccccc3C2)c1Br. The molecular weight excluding hydrogens is 328 g/mol. The summed E-state index contributed by atoms with van der Waals surface area (Å²) in [5, 5.41) is 6.84. The zero-order valence-corrected chi connectivity index (χ0v) is 13.7. The van der Waals surface area contributed by atoms with E-state index in [0.29, 0.717) is 6.04 Å². The van der Waals surface area contributed by atoms with Crippen molar-refractivity contribution in [1.29, 1.82) is 0 Å². The fourth-order valence-electron chi connectivity index (χ4n) is 2.69. The van der Waals surface area contributed by atoms with Crippen LogP contribution in [0.25, 0.3) is 0 Å². The Morgan fingerprint density at radius 2 is 1.81 bits per heavy atom. The second kappa shape index (κ2) is 6.43. The van der Waals surface area contributed by atoms with Crippen LogP contribution in [0.2, 0.25) is 0 Å². The molecule has 0 saturated heterocycles. The largest absolute Gasteiger partial charge is 0.369 e. The summed E-state index contributed by atoms with van der Waals surface area (Å²) in [5.74, 6) is 1.71. The molecule has 3 rings (SSSR count). The number of nitrogens with zero attached hydrogens (tertiary/aromatic N) is 2. The highest BCUT2D eigenvalue weighted by Crippen LogP contribution is 2.30. The predicted molar refractivity (Wildman–Crippen MR) is 89.8 cm³/mol. The van der Waals surface area contributed by atoms with Crippen LogP contribution in [0.5, 0.6) is 0 Å². The molecule has 1 aliphatic carbocycles. The van der Waals surface area contributed by atoms with Gasteiger partial charge < -0.3 is 10.6 Å². The Hall–Kier alpha value is -1.62. The fraction of sp³-hybridized carbons (Fsp3) is 0.375. The summed E-state index contributed by atoms with van der Waals surface area (Å²) in [6.45, 7) is 3.04. The lowest BCUT2D eigenvalue weighted by Crippen LogP contribution is -2.21. The molecule has 0 saturated carbocycles. The molecule has 0 aliphatic heterocycles. The molecule has 2 aromatic rings. The van der Waals surface area contributed by atoms with Crippen LogP contribution in [0.1, 0.15) is 24.5 Å². The summed E-state index contributed by atoms with van der Waals surface area (Å²) in [6, 6.07) is 9.02. The number of anilines is 2. The number of fused-ring (bicyclic) bond motifs is 1. The van der Waals surface area contributed by atoms with E-state index >= 15 is 0 Å². The van der Waals surface area contributed by atoms with Crippen LogP contribution in [0, 0.1) is 0 Å². The lowest BCUT2D eigenvalue weighted by Gasteiger charge is -2.15. The summed E-state index contributed by atoms with van der Waals surface area (Å²) in [7, 11) is 0. The highest BCUT2D eigenvalue weighted by Gasteiger charge is 2.22. The quantitative estimate of drug-likeness (QED) is 0.867. The Bertz CT molecular complexity index is 604. The third kappa shape index (κ3) is 3.18. The number of nitrogens with one attached hydrogen (secondary N) is 2. The Labute approximate surface area is 133 Å². The normalized spacial score (nSPS) is 14.0. The minimum atomic E-state index is 0.396. The van der Waals surface area contributed by atoms with E-state index in [2.05, 4.69) is 67.7 Å². The standard InChI is InChI=1S/C16H19BrN4/c1-2-7-18-15-14(17)16(20-10-19-15)21-13-8-11-5-3-4-6-12(11)9-13/h3-6,10,13H,2,7-9H2,1H3,(H2,18,19,20,21). The van der Waals surface area contributed by atoms with E-state index in [9.17, 15) is 0 Å². The van der Waals surface area contributed by atoms with E-state index in [1.54, 1.807) is 6.33 Å². The first-order chi connectivity index (χ1) is 10.3. The number of hydrogen-bond donors (Lipinski definition) is 2. The summed E-state index contributed by atoms with van der Waals surface area (Å²) in [5.41, 5.74) is 2.87. The monoisotopic (exact) mass is 346 g/mol. The maximum atomic E-state index is 4.36. The topological polar surface area (TPSA) is 49.8 Å². The van der Waals surface area contributed by atoms with Crippen LogP contribution in [-0.4, -0.2) is 22.6 Å². The van der Waals surface area contributed by atoms with Gasteiger partial charge in [-0.05, 0) is 46.3 Å². The van der Waals surface area contributed by atoms with Crippen molar-refractivity contribution in [2.45, 2.75) is 32.2 Å². The van der Waals surface area contributed by atoms with Crippen molar-refractivity contribution in [2.75, 3.05) is 17.2 Å². The van der Waals surface area contributed by atoms with Crippen LogP contribution in [-0.2, 0) is 12.8 Å². The summed E-state index contributed by atoms with van der Waals surface area (Å²) < 4.78 is 0.911. The van der Waals surface area contributed by atoms with Crippen LogP contribution in [0.15, 0.2) is 35.1 Å². The molecule has 1 aromatic heterocycles. The van der Waals surface area contributed by atoms with Crippen molar-refractivity contribution >= 4 is 27.6 Å². The van der Waals surface area contributed by atoms with Crippen LogP contribution < -0.4 is 10.6 Å². The molecule has 0 fully saturated rings. The van der Waals surface area contributed by atoms with E-state index in [1.807, 2.05) is 0 Å². The third-order valence-electron chi connectivity index (χ3n) is 3.72. The number of rotatable bonds is 5. The number of aromatic nitrogens is 2. The minimum Gasteiger partial charge on any atom is -0.369 e. The van der Waals surface area contributed by atoms with Crippen molar-refractivity contribution in [2.24, 2.45) is 0 Å². The van der Waals surface area contributed by atoms with Gasteiger partial charge in [0.2, 0.25) is 0 Å². The maximum Gasteiger partial charge on any atom is 0.146 e. The lowest BCUT2D eigenvalue weighted by atomic mass is 10.1. The average Bonchev–Trinajstić information content (AvgIpc) is 2.90. The molecule has 0 amide bonds. The van der Waals surface area contributed by atoms with E-state index < -0.39 is 0 Å². The van der Waals surface area contributed by atoms with Gasteiger partial charge in [0.25, 0.3) is 0 Å². The molecule has 4 nitrogen and oxygen atoms in total. The molecule has 0 unspecified atom stereocenters. The molecule has 0 radical (unpaired) electrons. The predicted octanol–water partition coefficient (Wildman–Crippen LogP) is 3.64. The zero-order chi connectivity index (χ0) is 14.7. The molecule has 1 heterocycles. The fourth-order valence-corrected chi connectivity index (χ4v) is 3.15. The van der Waals surface area contributed by atoms with Crippen LogP contribution in [0.3, 0.4) is 0 Å². The summed E-state index contributed by atoms with van der Waals surface area (Å²) in [4.78, 5) is 8.65. The minimum absolute atomic E-state index is 0.396. The molecule has 0 spiro atoms. The highest BCUT2D eigenvalue weighted by molar-refractivity contribution is 9.10. The van der Waals surface area contributed by atoms with Crippen LogP contribution in [0.4, 0.5) is 11.6 Å². The molecule has 5 heteroatoms. The van der Waals surface area contributed by atoms with E-state index in [1.165, 1.54) is 11.1 Å². The van der Waals surface area contributed by atoms with E-state index in [4.69, 9.17) is 0 Å². The molecule has 21 heavy (non-hydrogen) atoms. The molecule has 1 aromatic carbocycles. The molecule has 2 N–H and O–H groups in total. The van der Waals surface area contributed by atoms with E-state index in [0.717, 1.165) is 41.9 Å². The van der Waals surface area contributed by atoms with Gasteiger partial charge in [0.15, 0.2) is 0 Å². The van der Waals surface area contributed by atoms with Gasteiger partial charge in [0.1, 0.15) is 22.4 Å². The first kappa shape index (κ1) is 14.3. The Balaban J connectivity index is 1.72. The van der Waals surface area contributed by atoms with Crippen molar-refractivity contribution in [3.8, 4) is 0 Å². The number of benzene rings is 1. The molecule has 110 valence electrons. The second-order valence-electron chi connectivity index (χ2n) is 5.33. The smallest absolute Gasteiger partial charge is 0.146 e. The Morgan fingerprint density at radius 1 is 1.14 bits per heavy atom. The molecular formula is C16H19BrN4. The highest BCUT2D eigenvalue weighted by atomic mass is 79.9. The molecule has 1 aliphatic rings. The van der Waals surface area contributed by atoms with Crippen molar-refractivity contribution in [1.82, 2.24) is 9.97 Å². The van der Waals surface area contributed by atoms with Gasteiger partial charge in [0.05, 0.1) is 0 Å². The van der Waals surface area contributed by atoms with Gasteiger partial charge >= 0.3 is 0 Å². The van der Waals surface area contributed by atoms with E-state index in [-0.39, 0.29) is 0 Å². The van der Waals surface area contributed by atoms with Gasteiger partial charge in [-0.15, -0.1) is 0 Å². The average molecular weight is 347 g/mol. The lowest BCUT2D eigenvalue weighted by molar-refractivity contribution is 0.767. The summed E-state index contributed by atoms with van der Waals surface area (Å²) >= 11 is 3.60. The first-order valence-corrected chi connectivity index (χ1v) is 8.15. The number of halogens is 1. The van der Waals surface area contributed by atoms with Gasteiger partial charge in [-0.3, -0.25) is 0 Å². The zero-order valence-electron chi connectivity index (χ0n) is 12.1. The second-order valence-corrected chi connectivity index (χ2v) is 6.12. The number of hydrogen-bond acceptors (Lipinski definition) is 4. The van der Waals surface area contributed by atoms with Crippen molar-refractivity contribution in [3.63, 3.8) is 0 Å². The van der Waals surface area contributed by atoms with Gasteiger partial charge in [-0.1, -0.05) is 31.2 Å². The summed E-state index contributed by atoms with van der Waals surface area (Å²) in [6.07, 6.45) is 4.76. The molecule has 0 atom stereocenters. The van der Waals surface area contributed by atoms with Gasteiger partial charge in [-0.2, -0.15) is 0 Å². The third-order valence-corrected chi connectivity index (χ3v) is 4.47. The Kier molecular flexibility index (Phi) is 4.39. The van der Waals surface area contributed by atoms with Crippen molar-refractivity contribution < 1.29 is 0 Å². The van der Waals surface area contributed by atoms with Gasteiger partial charge in [0, 0.05) is 12.6 Å². The van der Waals surface area contributed by atoms with Crippen LogP contribution >= 0.6 is 15.9 Å². The van der Waals surface area contributed by atoms with Crippen molar-refractivity contribution in [3.05, 3.63) is 46.2 Å². The van der Waals surface area contributed by atoms with Gasteiger partial charge in [-0.25, -0.2) is 9.97 Å². The maximum absolute atomic E-state index is 4.36.